The molecule has 0 bridgehead atoms. The fourth-order valence-corrected chi connectivity index (χ4v) is 1.40. The molecule has 0 unspecified atom stereocenters. The van der Waals surface area contributed by atoms with E-state index in [-0.39, 0.29) is 5.78 Å². The molecule has 0 amide bonds. The molecule has 12 heavy (non-hydrogen) atoms. The smallest absolute Gasteiger partial charge is 0.179 e. The van der Waals surface area contributed by atoms with Crippen molar-refractivity contribution >= 4 is 5.78 Å². The molecular weight excluding hydrogens is 152 g/mol. The van der Waals surface area contributed by atoms with Crippen LogP contribution in [-0.4, -0.2) is 15.3 Å². The van der Waals surface area contributed by atoms with Gasteiger partial charge in [-0.2, -0.15) is 0 Å². The number of hydrogen-bond acceptors (Lipinski definition) is 2. The van der Waals surface area contributed by atoms with E-state index in [4.69, 9.17) is 0 Å². The Bertz CT molecular complexity index is 299. The van der Waals surface area contributed by atoms with Crippen LogP contribution in [0.4, 0.5) is 0 Å². The number of imidazole rings is 1. The lowest BCUT2D eigenvalue weighted by atomic mass is 9.93. The van der Waals surface area contributed by atoms with Crippen LogP contribution in [0.3, 0.4) is 0 Å². The number of rotatable bonds is 2. The molecule has 2 rings (SSSR count). The molecule has 0 radical (unpaired) electrons. The largest absolute Gasteiger partial charge is 0.334 e. The minimum absolute atomic E-state index is 0.0491. The summed E-state index contributed by atoms with van der Waals surface area (Å²) in [6, 6.07) is 0.602. The van der Waals surface area contributed by atoms with Gasteiger partial charge in [-0.1, -0.05) is 0 Å². The first-order chi connectivity index (χ1) is 5.77. The summed E-state index contributed by atoms with van der Waals surface area (Å²) in [6.07, 6.45) is 7.38. The van der Waals surface area contributed by atoms with E-state index in [2.05, 4.69) is 9.55 Å². The topological polar surface area (TPSA) is 34.9 Å². The highest BCUT2D eigenvalue weighted by atomic mass is 16.1. The van der Waals surface area contributed by atoms with E-state index in [9.17, 15) is 4.79 Å². The summed E-state index contributed by atoms with van der Waals surface area (Å²) in [4.78, 5) is 14.9. The van der Waals surface area contributed by atoms with Gasteiger partial charge in [0, 0.05) is 19.2 Å². The molecule has 1 saturated carbocycles. The molecule has 1 heterocycles. The highest BCUT2D eigenvalue weighted by Gasteiger charge is 2.19. The third-order valence-corrected chi connectivity index (χ3v) is 2.46. The quantitative estimate of drug-likeness (QED) is 0.625. The van der Waals surface area contributed by atoms with Gasteiger partial charge in [0.15, 0.2) is 5.78 Å². The molecule has 1 aromatic heterocycles. The normalized spacial score (nSPS) is 17.4. The molecule has 0 saturated heterocycles. The number of Topliss-reactive ketones (excluding diaryl/α,β-unsaturated/α-hetero) is 1. The predicted octanol–water partition coefficient (Wildman–Crippen LogP) is 1.81. The van der Waals surface area contributed by atoms with Gasteiger partial charge in [0.05, 0.1) is 6.33 Å². The van der Waals surface area contributed by atoms with Crippen molar-refractivity contribution in [3.05, 3.63) is 18.2 Å². The van der Waals surface area contributed by atoms with Crippen LogP contribution in [0.1, 0.15) is 42.7 Å². The molecule has 0 aliphatic heterocycles. The first kappa shape index (κ1) is 7.53. The van der Waals surface area contributed by atoms with Crippen molar-refractivity contribution in [1.29, 1.82) is 0 Å². The van der Waals surface area contributed by atoms with Gasteiger partial charge in [0.2, 0.25) is 0 Å². The second kappa shape index (κ2) is 2.73. The maximum absolute atomic E-state index is 10.9. The molecule has 3 heteroatoms. The number of ketones is 1. The molecule has 64 valence electrons. The molecule has 0 aromatic carbocycles. The van der Waals surface area contributed by atoms with Crippen LogP contribution in [-0.2, 0) is 0 Å². The predicted molar refractivity (Wildman–Crippen MR) is 45.1 cm³/mol. The molecule has 1 aliphatic carbocycles. The SMILES string of the molecule is CC(=O)c1cn(C2CCC2)cn1. The van der Waals surface area contributed by atoms with Gasteiger partial charge < -0.3 is 4.57 Å². The Morgan fingerprint density at radius 3 is 2.83 bits per heavy atom. The van der Waals surface area contributed by atoms with Crippen molar-refractivity contribution < 1.29 is 4.79 Å². The monoisotopic (exact) mass is 164 g/mol. The second-order valence-corrected chi connectivity index (χ2v) is 3.35. The van der Waals surface area contributed by atoms with Crippen molar-refractivity contribution in [2.24, 2.45) is 0 Å². The standard InChI is InChI=1S/C9H12N2O/c1-7(12)9-5-11(6-10-9)8-3-2-4-8/h5-6,8H,2-4H2,1H3. The van der Waals surface area contributed by atoms with Crippen molar-refractivity contribution in [3.8, 4) is 0 Å². The Labute approximate surface area is 71.4 Å². The summed E-state index contributed by atoms with van der Waals surface area (Å²) >= 11 is 0. The Hall–Kier alpha value is -1.12. The maximum atomic E-state index is 10.9. The van der Waals surface area contributed by atoms with Gasteiger partial charge >= 0.3 is 0 Å². The molecule has 3 nitrogen and oxygen atoms in total. The van der Waals surface area contributed by atoms with E-state index in [1.165, 1.54) is 19.3 Å². The van der Waals surface area contributed by atoms with Crippen LogP contribution < -0.4 is 0 Å². The van der Waals surface area contributed by atoms with E-state index >= 15 is 0 Å². The van der Waals surface area contributed by atoms with Crippen LogP contribution in [0.2, 0.25) is 0 Å². The number of hydrogen-bond donors (Lipinski definition) is 0. The average Bonchev–Trinajstić information content (AvgIpc) is 2.32. The second-order valence-electron chi connectivity index (χ2n) is 3.35. The third kappa shape index (κ3) is 1.15. The number of carbonyl (C=O) groups is 1. The van der Waals surface area contributed by atoms with Crippen LogP contribution >= 0.6 is 0 Å². The zero-order valence-corrected chi connectivity index (χ0v) is 7.16. The van der Waals surface area contributed by atoms with Gasteiger partial charge in [-0.05, 0) is 19.3 Å². The molecule has 0 N–H and O–H groups in total. The number of carbonyl (C=O) groups excluding carboxylic acids is 1. The van der Waals surface area contributed by atoms with Gasteiger partial charge in [0.25, 0.3) is 0 Å². The van der Waals surface area contributed by atoms with Crippen molar-refractivity contribution in [2.45, 2.75) is 32.2 Å². The minimum atomic E-state index is 0.0491. The minimum Gasteiger partial charge on any atom is -0.334 e. The van der Waals surface area contributed by atoms with Gasteiger partial charge in [-0.3, -0.25) is 4.79 Å². The summed E-state index contributed by atoms with van der Waals surface area (Å²) in [5.41, 5.74) is 0.585. The Balaban J connectivity index is 2.17. The molecular formula is C9H12N2O. The van der Waals surface area contributed by atoms with E-state index in [0.717, 1.165) is 0 Å². The summed E-state index contributed by atoms with van der Waals surface area (Å²) < 4.78 is 2.06. The van der Waals surface area contributed by atoms with E-state index in [1.54, 1.807) is 13.3 Å². The van der Waals surface area contributed by atoms with Crippen molar-refractivity contribution in [3.63, 3.8) is 0 Å². The zero-order chi connectivity index (χ0) is 8.55. The zero-order valence-electron chi connectivity index (χ0n) is 7.16. The van der Waals surface area contributed by atoms with Gasteiger partial charge in [-0.15, -0.1) is 0 Å². The number of nitrogens with zero attached hydrogens (tertiary/aromatic N) is 2. The van der Waals surface area contributed by atoms with E-state index in [0.29, 0.717) is 11.7 Å². The van der Waals surface area contributed by atoms with Gasteiger partial charge in [-0.25, -0.2) is 4.98 Å². The molecule has 0 spiro atoms. The van der Waals surface area contributed by atoms with Crippen LogP contribution in [0, 0.1) is 0 Å². The fraction of sp³-hybridized carbons (Fsp3) is 0.556. The summed E-state index contributed by atoms with van der Waals surface area (Å²) in [7, 11) is 0. The fourth-order valence-electron chi connectivity index (χ4n) is 1.40. The van der Waals surface area contributed by atoms with Crippen molar-refractivity contribution in [1.82, 2.24) is 9.55 Å². The Morgan fingerprint density at radius 1 is 1.67 bits per heavy atom. The highest BCUT2D eigenvalue weighted by molar-refractivity contribution is 5.91. The lowest BCUT2D eigenvalue weighted by Gasteiger charge is -2.26. The van der Waals surface area contributed by atoms with E-state index in [1.807, 2.05) is 6.20 Å². The lowest BCUT2D eigenvalue weighted by molar-refractivity contribution is 0.101. The van der Waals surface area contributed by atoms with Crippen LogP contribution in [0.5, 0.6) is 0 Å². The summed E-state index contributed by atoms with van der Waals surface area (Å²) in [5, 5.41) is 0. The Kier molecular flexibility index (Phi) is 1.71. The average molecular weight is 164 g/mol. The highest BCUT2D eigenvalue weighted by Crippen LogP contribution is 2.31. The van der Waals surface area contributed by atoms with Crippen LogP contribution in [0.25, 0.3) is 0 Å². The summed E-state index contributed by atoms with van der Waals surface area (Å²) in [6.45, 7) is 1.55. The first-order valence-corrected chi connectivity index (χ1v) is 4.32. The van der Waals surface area contributed by atoms with Crippen molar-refractivity contribution in [2.75, 3.05) is 0 Å². The van der Waals surface area contributed by atoms with Crippen LogP contribution in [0.15, 0.2) is 12.5 Å². The maximum Gasteiger partial charge on any atom is 0.179 e. The van der Waals surface area contributed by atoms with E-state index < -0.39 is 0 Å². The molecule has 1 aromatic rings. The summed E-state index contributed by atoms with van der Waals surface area (Å²) in [5.74, 6) is 0.0491. The molecule has 0 atom stereocenters. The first-order valence-electron chi connectivity index (χ1n) is 4.32. The number of aromatic nitrogens is 2. The lowest BCUT2D eigenvalue weighted by Crippen LogP contribution is -2.15. The third-order valence-electron chi connectivity index (χ3n) is 2.46. The van der Waals surface area contributed by atoms with Gasteiger partial charge in [0.1, 0.15) is 5.69 Å². The Morgan fingerprint density at radius 2 is 2.42 bits per heavy atom. The molecule has 1 aliphatic rings. The molecule has 1 fully saturated rings.